The lowest BCUT2D eigenvalue weighted by atomic mass is 9.88. The Morgan fingerprint density at radius 1 is 0.792 bits per heavy atom. The highest BCUT2D eigenvalue weighted by Crippen LogP contribution is 2.36. The maximum atomic E-state index is 12.4. The first kappa shape index (κ1) is 33.0. The molecule has 2 aromatic heterocycles. The van der Waals surface area contributed by atoms with Crippen LogP contribution in [-0.2, 0) is 22.6 Å². The third-order valence-corrected chi connectivity index (χ3v) is 8.96. The number of esters is 1. The van der Waals surface area contributed by atoms with Crippen LogP contribution in [0.5, 0.6) is 0 Å². The zero-order chi connectivity index (χ0) is 33.5. The van der Waals surface area contributed by atoms with Gasteiger partial charge in [0.1, 0.15) is 5.82 Å². The number of ether oxygens (including phenoxy) is 2. The Bertz CT molecular complexity index is 1920. The van der Waals surface area contributed by atoms with Gasteiger partial charge in [-0.3, -0.25) is 0 Å². The lowest BCUT2D eigenvalue weighted by molar-refractivity contribution is 0.0601. The summed E-state index contributed by atoms with van der Waals surface area (Å²) in [5, 5.41) is 3.62. The molecule has 0 atom stereocenters. The van der Waals surface area contributed by atoms with Crippen LogP contribution < -0.4 is 5.32 Å². The van der Waals surface area contributed by atoms with E-state index in [2.05, 4.69) is 107 Å². The fourth-order valence-corrected chi connectivity index (χ4v) is 6.48. The topological polar surface area (TPSA) is 83.2 Å². The third kappa shape index (κ3) is 7.14. The molecular weight excluding hydrogens is 598 g/mol. The average molecular weight is 644 g/mol. The van der Waals surface area contributed by atoms with Crippen molar-refractivity contribution in [3.63, 3.8) is 0 Å². The number of para-hydroxylation sites is 1. The molecule has 0 fully saturated rings. The van der Waals surface area contributed by atoms with E-state index in [0.29, 0.717) is 18.1 Å². The van der Waals surface area contributed by atoms with Gasteiger partial charge in [-0.2, -0.15) is 0 Å². The first-order valence-corrected chi connectivity index (χ1v) is 16.9. The summed E-state index contributed by atoms with van der Waals surface area (Å²) in [7, 11) is 3.14. The van der Waals surface area contributed by atoms with Crippen molar-refractivity contribution in [1.29, 1.82) is 0 Å². The van der Waals surface area contributed by atoms with E-state index in [0.717, 1.165) is 78.3 Å². The number of nitrogens with one attached hydrogen (secondary N) is 1. The van der Waals surface area contributed by atoms with Gasteiger partial charge in [-0.25, -0.2) is 14.8 Å². The van der Waals surface area contributed by atoms with Gasteiger partial charge < -0.3 is 23.9 Å². The smallest absolute Gasteiger partial charge is 0.337 e. The van der Waals surface area contributed by atoms with Crippen molar-refractivity contribution < 1.29 is 14.3 Å². The van der Waals surface area contributed by atoms with Gasteiger partial charge >= 0.3 is 5.97 Å². The van der Waals surface area contributed by atoms with Crippen LogP contribution in [0.15, 0.2) is 97.1 Å². The predicted molar refractivity (Wildman–Crippen MR) is 194 cm³/mol. The molecule has 6 aromatic rings. The number of rotatable bonds is 15. The van der Waals surface area contributed by atoms with E-state index < -0.39 is 0 Å². The van der Waals surface area contributed by atoms with E-state index in [1.54, 1.807) is 7.11 Å². The Balaban J connectivity index is 1.49. The molecule has 8 heteroatoms. The molecule has 48 heavy (non-hydrogen) atoms. The zero-order valence-corrected chi connectivity index (χ0v) is 28.4. The molecule has 6 rings (SSSR count). The van der Waals surface area contributed by atoms with Crippen LogP contribution in [0.2, 0.25) is 0 Å². The van der Waals surface area contributed by atoms with Crippen molar-refractivity contribution in [3.05, 3.63) is 114 Å². The number of carbonyl (C=O) groups excluding carboxylic acids is 1. The molecule has 0 radical (unpaired) electrons. The highest BCUT2D eigenvalue weighted by molar-refractivity contribution is 5.97. The molecule has 1 N–H and O–H groups in total. The van der Waals surface area contributed by atoms with E-state index in [1.165, 1.54) is 18.2 Å². The molecular formula is C40H45N5O3. The molecule has 8 nitrogen and oxygen atoms in total. The quantitative estimate of drug-likeness (QED) is 0.0892. The summed E-state index contributed by atoms with van der Waals surface area (Å²) in [6.45, 7) is 7.44. The van der Waals surface area contributed by atoms with Gasteiger partial charge in [-0.15, -0.1) is 0 Å². The minimum Gasteiger partial charge on any atom is -0.465 e. The number of hydrogen-bond acceptors (Lipinski definition) is 6. The van der Waals surface area contributed by atoms with Gasteiger partial charge in [0.15, 0.2) is 0 Å². The van der Waals surface area contributed by atoms with Crippen molar-refractivity contribution in [3.8, 4) is 11.4 Å². The lowest BCUT2D eigenvalue weighted by Crippen LogP contribution is -2.13. The second kappa shape index (κ2) is 15.3. The first-order valence-electron chi connectivity index (χ1n) is 16.9. The molecule has 0 spiro atoms. The summed E-state index contributed by atoms with van der Waals surface area (Å²) in [6, 6.07) is 33.4. The highest BCUT2D eigenvalue weighted by Gasteiger charge is 2.23. The monoisotopic (exact) mass is 643 g/mol. The number of benzene rings is 4. The number of carbonyl (C=O) groups is 1. The Hall–Kier alpha value is -4.95. The van der Waals surface area contributed by atoms with Crippen molar-refractivity contribution in [1.82, 2.24) is 19.1 Å². The van der Waals surface area contributed by atoms with Crippen LogP contribution in [0, 0.1) is 5.92 Å². The molecule has 0 bridgehead atoms. The maximum Gasteiger partial charge on any atom is 0.337 e. The number of nitrogens with zero attached hydrogens (tertiary/aromatic N) is 4. The standard InChI is InChI=1S/C40H45N5O3/c1-28(2)21-24-44-36-20-19-31(39(46)48-4)27-35(36)42-38(44)33-17-11-18-34-37(33)45(40(43-34)41-23-12-26-47-3)25-22-32(29-13-7-5-8-14-29)30-15-9-6-10-16-30/h5-11,13-20,27-28,32H,12,21-26H2,1-4H3,(H,41,43). The Kier molecular flexibility index (Phi) is 10.5. The van der Waals surface area contributed by atoms with Crippen LogP contribution in [0.3, 0.4) is 0 Å². The van der Waals surface area contributed by atoms with Gasteiger partial charge in [0.2, 0.25) is 5.95 Å². The Labute approximate surface area is 282 Å². The van der Waals surface area contributed by atoms with Crippen molar-refractivity contribution in [2.45, 2.75) is 52.1 Å². The summed E-state index contributed by atoms with van der Waals surface area (Å²) in [5.41, 5.74) is 7.80. The van der Waals surface area contributed by atoms with E-state index in [1.807, 2.05) is 18.2 Å². The van der Waals surface area contributed by atoms with E-state index in [4.69, 9.17) is 19.4 Å². The van der Waals surface area contributed by atoms with Gasteiger partial charge in [-0.05, 0) is 66.6 Å². The molecule has 248 valence electrons. The zero-order valence-electron chi connectivity index (χ0n) is 28.4. The summed E-state index contributed by atoms with van der Waals surface area (Å²) >= 11 is 0. The normalized spacial score (nSPS) is 11.6. The summed E-state index contributed by atoms with van der Waals surface area (Å²) in [5.74, 6) is 2.07. The largest absolute Gasteiger partial charge is 0.465 e. The molecule has 0 aliphatic rings. The van der Waals surface area contributed by atoms with Crippen LogP contribution in [0.25, 0.3) is 33.5 Å². The van der Waals surface area contributed by atoms with Crippen LogP contribution >= 0.6 is 0 Å². The average Bonchev–Trinajstić information content (AvgIpc) is 3.67. The minimum atomic E-state index is -0.370. The van der Waals surface area contributed by atoms with Gasteiger partial charge in [0.25, 0.3) is 0 Å². The highest BCUT2D eigenvalue weighted by atomic mass is 16.5. The Morgan fingerprint density at radius 2 is 1.50 bits per heavy atom. The first-order chi connectivity index (χ1) is 23.5. The van der Waals surface area contributed by atoms with E-state index >= 15 is 0 Å². The molecule has 0 unspecified atom stereocenters. The number of imidazole rings is 2. The van der Waals surface area contributed by atoms with Gasteiger partial charge in [0.05, 0.1) is 34.7 Å². The van der Waals surface area contributed by atoms with Crippen molar-refractivity contribution in [2.75, 3.05) is 32.7 Å². The second-order valence-electron chi connectivity index (χ2n) is 12.7. The summed E-state index contributed by atoms with van der Waals surface area (Å²) < 4.78 is 15.0. The number of hydrogen-bond donors (Lipinski definition) is 1. The van der Waals surface area contributed by atoms with Crippen LogP contribution in [-0.4, -0.2) is 52.4 Å². The molecule has 2 heterocycles. The molecule has 0 saturated carbocycles. The fourth-order valence-electron chi connectivity index (χ4n) is 6.48. The minimum absolute atomic E-state index is 0.214. The molecule has 0 amide bonds. The number of aryl methyl sites for hydroxylation is 2. The lowest BCUT2D eigenvalue weighted by Gasteiger charge is -2.20. The SMILES string of the molecule is COCCCNc1nc2cccc(-c3nc4cc(C(=O)OC)ccc4n3CCC(C)C)c2n1CCC(c1ccccc1)c1ccccc1. The number of fused-ring (bicyclic) bond motifs is 2. The van der Waals surface area contributed by atoms with Gasteiger partial charge in [-0.1, -0.05) is 80.6 Å². The second-order valence-corrected chi connectivity index (χ2v) is 12.7. The van der Waals surface area contributed by atoms with E-state index in [9.17, 15) is 4.79 Å². The number of anilines is 1. The molecule has 0 saturated heterocycles. The van der Waals surface area contributed by atoms with Crippen molar-refractivity contribution in [2.24, 2.45) is 5.92 Å². The van der Waals surface area contributed by atoms with E-state index in [-0.39, 0.29) is 11.9 Å². The predicted octanol–water partition coefficient (Wildman–Crippen LogP) is 8.56. The number of methoxy groups -OCH3 is 2. The van der Waals surface area contributed by atoms with Crippen LogP contribution in [0.4, 0.5) is 5.95 Å². The van der Waals surface area contributed by atoms with Crippen LogP contribution in [0.1, 0.15) is 60.5 Å². The summed E-state index contributed by atoms with van der Waals surface area (Å²) in [6.07, 6.45) is 2.75. The molecule has 0 aliphatic heterocycles. The van der Waals surface area contributed by atoms with Crippen molar-refractivity contribution >= 4 is 34.0 Å². The fraction of sp³-hybridized carbons (Fsp3) is 0.325. The maximum absolute atomic E-state index is 12.4. The van der Waals surface area contributed by atoms with Gasteiger partial charge in [0, 0.05) is 44.8 Å². The number of aromatic nitrogens is 4. The Morgan fingerprint density at radius 3 is 2.17 bits per heavy atom. The molecule has 0 aliphatic carbocycles. The third-order valence-electron chi connectivity index (χ3n) is 8.96. The molecule has 4 aromatic carbocycles. The summed E-state index contributed by atoms with van der Waals surface area (Å²) in [4.78, 5) is 22.8.